The van der Waals surface area contributed by atoms with Gasteiger partial charge in [-0.15, -0.1) is 12.6 Å². The fraction of sp³-hybridized carbons (Fsp3) is 0.235. The molecule has 0 aliphatic rings. The van der Waals surface area contributed by atoms with Gasteiger partial charge in [-0.3, -0.25) is 4.79 Å². The Bertz CT molecular complexity index is 623. The molecule has 3 nitrogen and oxygen atoms in total. The molecule has 0 aromatic heterocycles. The first kappa shape index (κ1) is 15.4. The zero-order chi connectivity index (χ0) is 15.2. The quantitative estimate of drug-likeness (QED) is 0.832. The second-order valence-corrected chi connectivity index (χ2v) is 5.37. The van der Waals surface area contributed by atoms with Gasteiger partial charge in [0.25, 0.3) is 5.91 Å². The molecule has 2 rings (SSSR count). The number of ether oxygens (including phenoxy) is 1. The van der Waals surface area contributed by atoms with Crippen LogP contribution in [0.15, 0.2) is 47.4 Å². The monoisotopic (exact) mass is 301 g/mol. The van der Waals surface area contributed by atoms with E-state index in [0.717, 1.165) is 28.2 Å². The van der Waals surface area contributed by atoms with Gasteiger partial charge in [-0.2, -0.15) is 0 Å². The van der Waals surface area contributed by atoms with Crippen LogP contribution in [0, 0.1) is 6.92 Å². The zero-order valence-electron chi connectivity index (χ0n) is 12.2. The summed E-state index contributed by atoms with van der Waals surface area (Å²) in [6.45, 7) is 2.52. The average molecular weight is 301 g/mol. The second-order valence-electron chi connectivity index (χ2n) is 4.85. The highest BCUT2D eigenvalue weighted by Gasteiger charge is 2.08. The minimum absolute atomic E-state index is 0.0584. The molecule has 1 N–H and O–H groups in total. The van der Waals surface area contributed by atoms with E-state index in [9.17, 15) is 4.79 Å². The van der Waals surface area contributed by atoms with Gasteiger partial charge >= 0.3 is 0 Å². The Kier molecular flexibility index (Phi) is 5.28. The molecule has 0 unspecified atom stereocenters. The van der Waals surface area contributed by atoms with E-state index in [1.165, 1.54) is 0 Å². The molecule has 0 bridgehead atoms. The fourth-order valence-corrected chi connectivity index (χ4v) is 2.27. The van der Waals surface area contributed by atoms with Crippen molar-refractivity contribution in [2.45, 2.75) is 18.2 Å². The van der Waals surface area contributed by atoms with Crippen molar-refractivity contribution in [2.24, 2.45) is 0 Å². The van der Waals surface area contributed by atoms with Gasteiger partial charge in [0.1, 0.15) is 5.75 Å². The number of carbonyl (C=O) groups excluding carboxylic acids is 1. The third kappa shape index (κ3) is 4.26. The van der Waals surface area contributed by atoms with Crippen molar-refractivity contribution in [3.63, 3.8) is 0 Å². The molecule has 21 heavy (non-hydrogen) atoms. The maximum atomic E-state index is 12.1. The number of amides is 1. The van der Waals surface area contributed by atoms with Gasteiger partial charge in [0.2, 0.25) is 0 Å². The molecule has 0 heterocycles. The standard InChI is InChI=1S/C17H19NO2S/c1-12-3-8-15(21)11-16(12)17(19)18-10-9-13-4-6-14(20-2)7-5-13/h3-8,11,21H,9-10H2,1-2H3,(H,18,19). The third-order valence-corrected chi connectivity index (χ3v) is 3.60. The van der Waals surface area contributed by atoms with Crippen LogP contribution in [0.2, 0.25) is 0 Å². The van der Waals surface area contributed by atoms with Crippen molar-refractivity contribution < 1.29 is 9.53 Å². The van der Waals surface area contributed by atoms with Crippen molar-refractivity contribution in [1.82, 2.24) is 5.32 Å². The first-order valence-electron chi connectivity index (χ1n) is 6.81. The SMILES string of the molecule is COc1ccc(CCNC(=O)c2cc(S)ccc2C)cc1. The Labute approximate surface area is 130 Å². The number of aryl methyl sites for hydroxylation is 1. The number of hydrogen-bond donors (Lipinski definition) is 2. The molecule has 0 radical (unpaired) electrons. The minimum atomic E-state index is -0.0584. The third-order valence-electron chi connectivity index (χ3n) is 3.32. The average Bonchev–Trinajstić information content (AvgIpc) is 2.50. The number of methoxy groups -OCH3 is 1. The number of hydrogen-bond acceptors (Lipinski definition) is 3. The predicted molar refractivity (Wildman–Crippen MR) is 87.5 cm³/mol. The molecule has 1 amide bonds. The van der Waals surface area contributed by atoms with Crippen LogP contribution < -0.4 is 10.1 Å². The summed E-state index contributed by atoms with van der Waals surface area (Å²) in [6, 6.07) is 13.4. The normalized spacial score (nSPS) is 10.2. The lowest BCUT2D eigenvalue weighted by Crippen LogP contribution is -2.26. The van der Waals surface area contributed by atoms with Crippen LogP contribution in [-0.4, -0.2) is 19.6 Å². The summed E-state index contributed by atoms with van der Waals surface area (Å²) in [5.41, 5.74) is 2.79. The van der Waals surface area contributed by atoms with Crippen molar-refractivity contribution in [3.8, 4) is 5.75 Å². The van der Waals surface area contributed by atoms with Gasteiger partial charge in [0.05, 0.1) is 7.11 Å². The van der Waals surface area contributed by atoms with Crippen LogP contribution in [0.4, 0.5) is 0 Å². The van der Waals surface area contributed by atoms with Crippen molar-refractivity contribution in [2.75, 3.05) is 13.7 Å². The lowest BCUT2D eigenvalue weighted by molar-refractivity contribution is 0.0953. The minimum Gasteiger partial charge on any atom is -0.497 e. The zero-order valence-corrected chi connectivity index (χ0v) is 13.1. The lowest BCUT2D eigenvalue weighted by atomic mass is 10.1. The first-order valence-corrected chi connectivity index (χ1v) is 7.25. The van der Waals surface area contributed by atoms with E-state index < -0.39 is 0 Å². The maximum absolute atomic E-state index is 12.1. The second kappa shape index (κ2) is 7.18. The summed E-state index contributed by atoms with van der Waals surface area (Å²) in [5, 5.41) is 2.94. The molecular formula is C17H19NO2S. The molecule has 2 aromatic rings. The molecule has 0 atom stereocenters. The van der Waals surface area contributed by atoms with Gasteiger partial charge in [-0.25, -0.2) is 0 Å². The summed E-state index contributed by atoms with van der Waals surface area (Å²) in [5.74, 6) is 0.779. The first-order chi connectivity index (χ1) is 10.1. The van der Waals surface area contributed by atoms with Crippen molar-refractivity contribution >= 4 is 18.5 Å². The maximum Gasteiger partial charge on any atom is 0.251 e. The van der Waals surface area contributed by atoms with Crippen LogP contribution in [-0.2, 0) is 6.42 Å². The molecule has 2 aromatic carbocycles. The smallest absolute Gasteiger partial charge is 0.251 e. The van der Waals surface area contributed by atoms with Crippen molar-refractivity contribution in [3.05, 3.63) is 59.2 Å². The summed E-state index contributed by atoms with van der Waals surface area (Å²) >= 11 is 4.27. The number of benzene rings is 2. The van der Waals surface area contributed by atoms with E-state index in [0.29, 0.717) is 12.1 Å². The predicted octanol–water partition coefficient (Wildman–Crippen LogP) is 3.26. The molecule has 0 fully saturated rings. The molecule has 0 saturated carbocycles. The van der Waals surface area contributed by atoms with Crippen LogP contribution in [0.25, 0.3) is 0 Å². The number of nitrogens with one attached hydrogen (secondary N) is 1. The highest BCUT2D eigenvalue weighted by Crippen LogP contribution is 2.14. The highest BCUT2D eigenvalue weighted by molar-refractivity contribution is 7.80. The van der Waals surface area contributed by atoms with Crippen LogP contribution in [0.1, 0.15) is 21.5 Å². The van der Waals surface area contributed by atoms with Gasteiger partial charge in [0.15, 0.2) is 0 Å². The van der Waals surface area contributed by atoms with Crippen molar-refractivity contribution in [1.29, 1.82) is 0 Å². The molecule has 4 heteroatoms. The molecular weight excluding hydrogens is 282 g/mol. The van der Waals surface area contributed by atoms with Crippen LogP contribution in [0.5, 0.6) is 5.75 Å². The van der Waals surface area contributed by atoms with Crippen LogP contribution >= 0.6 is 12.6 Å². The van der Waals surface area contributed by atoms with Crippen LogP contribution in [0.3, 0.4) is 0 Å². The van der Waals surface area contributed by atoms with E-state index in [4.69, 9.17) is 4.74 Å². The summed E-state index contributed by atoms with van der Waals surface area (Å²) in [6.07, 6.45) is 0.787. The van der Waals surface area contributed by atoms with E-state index in [-0.39, 0.29) is 5.91 Å². The van der Waals surface area contributed by atoms with E-state index in [1.54, 1.807) is 13.2 Å². The molecule has 0 spiro atoms. The van der Waals surface area contributed by atoms with Gasteiger partial charge in [-0.1, -0.05) is 18.2 Å². The van der Waals surface area contributed by atoms with E-state index >= 15 is 0 Å². The molecule has 0 saturated heterocycles. The van der Waals surface area contributed by atoms with Gasteiger partial charge in [0, 0.05) is 17.0 Å². The Morgan fingerprint density at radius 1 is 1.19 bits per heavy atom. The number of thiol groups is 1. The largest absolute Gasteiger partial charge is 0.497 e. The molecule has 110 valence electrons. The van der Waals surface area contributed by atoms with E-state index in [1.807, 2.05) is 43.3 Å². The Morgan fingerprint density at radius 3 is 2.57 bits per heavy atom. The van der Waals surface area contributed by atoms with Gasteiger partial charge in [-0.05, 0) is 48.7 Å². The van der Waals surface area contributed by atoms with E-state index in [2.05, 4.69) is 17.9 Å². The Balaban J connectivity index is 1.90. The summed E-state index contributed by atoms with van der Waals surface area (Å²) < 4.78 is 5.12. The summed E-state index contributed by atoms with van der Waals surface area (Å²) in [4.78, 5) is 12.9. The highest BCUT2D eigenvalue weighted by atomic mass is 32.1. The Hall–Kier alpha value is -1.94. The fourth-order valence-electron chi connectivity index (χ4n) is 2.06. The number of rotatable bonds is 5. The Morgan fingerprint density at radius 2 is 1.90 bits per heavy atom. The lowest BCUT2D eigenvalue weighted by Gasteiger charge is -2.09. The molecule has 0 aliphatic heterocycles. The van der Waals surface area contributed by atoms with Gasteiger partial charge < -0.3 is 10.1 Å². The number of carbonyl (C=O) groups is 1. The molecule has 0 aliphatic carbocycles. The summed E-state index contributed by atoms with van der Waals surface area (Å²) in [7, 11) is 1.65. The topological polar surface area (TPSA) is 38.3 Å².